The Morgan fingerprint density at radius 3 is 2.44 bits per heavy atom. The molecule has 0 aliphatic carbocycles. The minimum absolute atomic E-state index is 0. The van der Waals surface area contributed by atoms with Crippen molar-refractivity contribution in [2.75, 3.05) is 6.61 Å². The van der Waals surface area contributed by atoms with Crippen molar-refractivity contribution in [1.82, 2.24) is 0 Å². The van der Waals surface area contributed by atoms with Gasteiger partial charge in [-0.1, -0.05) is 0 Å². The minimum Gasteiger partial charge on any atom is -1.00 e. The van der Waals surface area contributed by atoms with Gasteiger partial charge < -0.3 is 24.0 Å². The van der Waals surface area contributed by atoms with E-state index in [0.717, 1.165) is 5.21 Å². The first-order valence-electron chi connectivity index (χ1n) is 5.50. The summed E-state index contributed by atoms with van der Waals surface area (Å²) in [5, 5.41) is 11.9. The Hall–Kier alpha value is -0.132. The summed E-state index contributed by atoms with van der Waals surface area (Å²) in [5.74, 6) is 0. The molecule has 0 unspecified atom stereocenters. The zero-order chi connectivity index (χ0) is 12.9. The Morgan fingerprint density at radius 2 is 1.89 bits per heavy atom. The van der Waals surface area contributed by atoms with Crippen molar-refractivity contribution >= 4 is 19.2 Å². The molecule has 1 rings (SSSR count). The third kappa shape index (κ3) is 6.71. The number of nitrogens with zero attached hydrogens (tertiary/aromatic N) is 1. The van der Waals surface area contributed by atoms with Gasteiger partial charge in [0, 0.05) is 0 Å². The molecule has 1 aromatic rings. The molecule has 0 spiro atoms. The van der Waals surface area contributed by atoms with E-state index in [0.29, 0.717) is 18.8 Å². The second-order valence-corrected chi connectivity index (χ2v) is 15.5. The topological polar surface area (TPSA) is 52.4 Å². The van der Waals surface area contributed by atoms with E-state index < -0.39 is 13.6 Å². The van der Waals surface area contributed by atoms with E-state index in [1.54, 1.807) is 18.2 Å². The average molecular weight is 427 g/mol. The zero-order valence-electron chi connectivity index (χ0n) is 10.9. The molecule has 18 heavy (non-hydrogen) atoms. The maximum absolute atomic E-state index is 10.8. The summed E-state index contributed by atoms with van der Waals surface area (Å²) in [5.41, 5.74) is 7.73. The number of hydrogen-bond donors (Lipinski definition) is 0. The Morgan fingerprint density at radius 1 is 1.28 bits per heavy atom. The number of rotatable bonds is 6. The molecular formula is C12H19AsINO3. The Bertz CT molecular complexity index is 393. The summed E-state index contributed by atoms with van der Waals surface area (Å²) in [6.07, 6.45) is 0. The van der Waals surface area contributed by atoms with Crippen molar-refractivity contribution < 1.29 is 33.6 Å². The predicted molar refractivity (Wildman–Crippen MR) is 70.9 cm³/mol. The number of nitro benzene ring substituents is 1. The van der Waals surface area contributed by atoms with Crippen LogP contribution in [0.25, 0.3) is 0 Å². The third-order valence-corrected chi connectivity index (χ3v) is 5.55. The first-order chi connectivity index (χ1) is 7.90. The first kappa shape index (κ1) is 17.9. The van der Waals surface area contributed by atoms with Crippen LogP contribution in [0, 0.1) is 10.1 Å². The van der Waals surface area contributed by atoms with Crippen LogP contribution in [0.2, 0.25) is 22.3 Å². The summed E-state index contributed by atoms with van der Waals surface area (Å²) in [7, 11) is 0. The number of benzene rings is 1. The van der Waals surface area contributed by atoms with Gasteiger partial charge in [0.15, 0.2) is 0 Å². The van der Waals surface area contributed by atoms with E-state index >= 15 is 0 Å². The minimum atomic E-state index is -1.40. The van der Waals surface area contributed by atoms with Gasteiger partial charge in [0.05, 0.1) is 0 Å². The molecule has 0 bridgehead atoms. The van der Waals surface area contributed by atoms with Gasteiger partial charge in [-0.25, -0.2) is 0 Å². The molecule has 102 valence electrons. The molecule has 0 heterocycles. The average Bonchev–Trinajstić information content (AvgIpc) is 2.23. The molecule has 0 radical (unpaired) electrons. The Kier molecular flexibility index (Phi) is 8.06. The maximum atomic E-state index is 10.8. The maximum Gasteiger partial charge on any atom is -1.00 e. The molecule has 0 aliphatic rings. The summed E-state index contributed by atoms with van der Waals surface area (Å²) >= 11 is -1.40. The first-order valence-corrected chi connectivity index (χ1v) is 12.5. The molecular weight excluding hydrogens is 408 g/mol. The molecule has 4 nitrogen and oxygen atoms in total. The van der Waals surface area contributed by atoms with Gasteiger partial charge >= 0.3 is 104 Å². The third-order valence-electron chi connectivity index (χ3n) is 2.35. The number of ether oxygens (including phenoxy) is 1. The smallest absolute Gasteiger partial charge is 1.00 e. The summed E-state index contributed by atoms with van der Waals surface area (Å²) in [4.78, 5) is 10.4. The van der Waals surface area contributed by atoms with Crippen LogP contribution in [0.1, 0.15) is 5.56 Å². The van der Waals surface area contributed by atoms with Gasteiger partial charge in [0.1, 0.15) is 0 Å². The molecule has 0 saturated carbocycles. The van der Waals surface area contributed by atoms with Crippen LogP contribution >= 0.6 is 0 Å². The summed E-state index contributed by atoms with van der Waals surface area (Å²) in [6, 6.07) is 6.73. The summed E-state index contributed by atoms with van der Waals surface area (Å²) < 4.78 is 5.53. The molecule has 0 N–H and O–H groups in total. The second kappa shape index (κ2) is 8.12. The van der Waals surface area contributed by atoms with Crippen LogP contribution in [0.3, 0.4) is 0 Å². The van der Waals surface area contributed by atoms with Crippen LogP contribution in [-0.4, -0.2) is 25.1 Å². The van der Waals surface area contributed by atoms with E-state index in [1.807, 2.05) is 0 Å². The van der Waals surface area contributed by atoms with E-state index in [2.05, 4.69) is 17.1 Å². The van der Waals surface area contributed by atoms with Gasteiger partial charge in [-0.15, -0.1) is 0 Å². The SMILES string of the molecule is C[As+](C)(C)CCOCc1ccccc1[N+](=O)[O-].[I-]. The van der Waals surface area contributed by atoms with Gasteiger partial charge in [0.25, 0.3) is 0 Å². The Labute approximate surface area is 128 Å². The molecule has 1 aromatic carbocycles. The number of halogens is 1. The van der Waals surface area contributed by atoms with Crippen molar-refractivity contribution in [2.45, 2.75) is 28.9 Å². The van der Waals surface area contributed by atoms with E-state index in [4.69, 9.17) is 4.74 Å². The predicted octanol–water partition coefficient (Wildman–Crippen LogP) is 0.454. The number of para-hydroxylation sites is 1. The van der Waals surface area contributed by atoms with E-state index in [9.17, 15) is 10.1 Å². The van der Waals surface area contributed by atoms with Crippen LogP contribution in [-0.2, 0) is 11.3 Å². The quantitative estimate of drug-likeness (QED) is 0.218. The van der Waals surface area contributed by atoms with Crippen LogP contribution in [0.4, 0.5) is 5.69 Å². The standard InChI is InChI=1S/C12H19AsNO3.HI/c1-13(2,3)8-9-17-10-11-6-4-5-7-12(11)14(15)16;/h4-7H,8-10H2,1-3H3;1H/q+1;/p-1. The van der Waals surface area contributed by atoms with Crippen LogP contribution in [0.15, 0.2) is 24.3 Å². The largest absolute Gasteiger partial charge is 1.00 e. The van der Waals surface area contributed by atoms with Gasteiger partial charge in [-0.05, 0) is 0 Å². The van der Waals surface area contributed by atoms with Gasteiger partial charge in [-0.3, -0.25) is 0 Å². The normalized spacial score (nSPS) is 10.8. The molecule has 0 amide bonds. The van der Waals surface area contributed by atoms with Crippen molar-refractivity contribution in [2.24, 2.45) is 0 Å². The second-order valence-electron chi connectivity index (χ2n) is 4.95. The molecule has 0 aromatic heterocycles. The number of hydrogen-bond acceptors (Lipinski definition) is 3. The molecule has 0 saturated heterocycles. The molecule has 0 aliphatic heterocycles. The van der Waals surface area contributed by atoms with E-state index in [-0.39, 0.29) is 34.6 Å². The summed E-state index contributed by atoms with van der Waals surface area (Å²) in [6.45, 7) is 1.02. The Balaban J connectivity index is 0.00000289. The van der Waals surface area contributed by atoms with Gasteiger partial charge in [-0.2, -0.15) is 0 Å². The van der Waals surface area contributed by atoms with Crippen molar-refractivity contribution in [3.63, 3.8) is 0 Å². The number of nitro groups is 1. The van der Waals surface area contributed by atoms with Crippen molar-refractivity contribution in [3.8, 4) is 0 Å². The molecule has 0 fully saturated rings. The fourth-order valence-corrected chi connectivity index (χ4v) is 2.75. The van der Waals surface area contributed by atoms with Crippen LogP contribution < -0.4 is 24.0 Å². The molecule has 0 atom stereocenters. The van der Waals surface area contributed by atoms with Gasteiger partial charge in [0.2, 0.25) is 0 Å². The van der Waals surface area contributed by atoms with E-state index in [1.165, 1.54) is 6.07 Å². The fourth-order valence-electron chi connectivity index (χ4n) is 1.33. The monoisotopic (exact) mass is 427 g/mol. The van der Waals surface area contributed by atoms with Crippen molar-refractivity contribution in [3.05, 3.63) is 39.9 Å². The molecule has 6 heteroatoms. The fraction of sp³-hybridized carbons (Fsp3) is 0.500. The van der Waals surface area contributed by atoms with Crippen LogP contribution in [0.5, 0.6) is 0 Å². The zero-order valence-corrected chi connectivity index (χ0v) is 15.0. The van der Waals surface area contributed by atoms with Crippen molar-refractivity contribution in [1.29, 1.82) is 0 Å².